The van der Waals surface area contributed by atoms with Crippen molar-refractivity contribution in [2.75, 3.05) is 0 Å². The molecule has 0 saturated heterocycles. The van der Waals surface area contributed by atoms with E-state index in [1.54, 1.807) is 0 Å². The molecule has 0 radical (unpaired) electrons. The number of sulfone groups is 1. The molecule has 1 fully saturated rings. The highest BCUT2D eigenvalue weighted by molar-refractivity contribution is 7.92. The number of hydrogen-bond acceptors (Lipinski definition) is 3. The van der Waals surface area contributed by atoms with Crippen LogP contribution in [0.3, 0.4) is 0 Å². The highest BCUT2D eigenvalue weighted by atomic mass is 35.5. The number of halogens is 4. The van der Waals surface area contributed by atoms with Gasteiger partial charge in [-0.1, -0.05) is 6.07 Å². The molecule has 126 valence electrons. The van der Waals surface area contributed by atoms with E-state index in [-0.39, 0.29) is 22.8 Å². The lowest BCUT2D eigenvalue weighted by atomic mass is 9.84. The fourth-order valence-corrected chi connectivity index (χ4v) is 4.40. The number of alkyl halides is 3. The van der Waals surface area contributed by atoms with E-state index >= 15 is 0 Å². The molecule has 1 aliphatic rings. The minimum absolute atomic E-state index is 0. The first-order valence-electron chi connectivity index (χ1n) is 6.72. The number of rotatable bonds is 2. The number of hydrogen-bond donors (Lipinski definition) is 1. The highest BCUT2D eigenvalue weighted by Gasteiger charge is 2.37. The second-order valence-electron chi connectivity index (χ2n) is 5.92. The third kappa shape index (κ3) is 4.14. The van der Waals surface area contributed by atoms with E-state index in [1.165, 1.54) is 6.07 Å². The molecule has 1 aromatic carbocycles. The lowest BCUT2D eigenvalue weighted by molar-refractivity contribution is -0.137. The Balaban J connectivity index is 0.00000242. The Morgan fingerprint density at radius 2 is 1.77 bits per heavy atom. The van der Waals surface area contributed by atoms with Crippen molar-refractivity contribution in [2.24, 2.45) is 5.73 Å². The van der Waals surface area contributed by atoms with Crippen LogP contribution in [0, 0.1) is 0 Å². The SMILES string of the molecule is CC1(N)CCC(S(=O)(=O)c2cccc(C(F)(F)F)c2)CC1.Cl. The van der Waals surface area contributed by atoms with Crippen LogP contribution in [-0.2, 0) is 16.0 Å². The van der Waals surface area contributed by atoms with E-state index in [0.717, 1.165) is 12.1 Å². The van der Waals surface area contributed by atoms with Gasteiger partial charge in [0, 0.05) is 5.54 Å². The summed E-state index contributed by atoms with van der Waals surface area (Å²) in [5.41, 5.74) is 4.63. The monoisotopic (exact) mass is 357 g/mol. The molecule has 2 N–H and O–H groups in total. The van der Waals surface area contributed by atoms with Gasteiger partial charge < -0.3 is 5.73 Å². The smallest absolute Gasteiger partial charge is 0.325 e. The summed E-state index contributed by atoms with van der Waals surface area (Å²) in [6.07, 6.45) is -2.68. The van der Waals surface area contributed by atoms with E-state index in [0.29, 0.717) is 31.7 Å². The Morgan fingerprint density at radius 3 is 2.27 bits per heavy atom. The highest BCUT2D eigenvalue weighted by Crippen LogP contribution is 2.35. The summed E-state index contributed by atoms with van der Waals surface area (Å²) in [5.74, 6) is 0. The first-order valence-corrected chi connectivity index (χ1v) is 8.27. The second-order valence-corrected chi connectivity index (χ2v) is 8.15. The van der Waals surface area contributed by atoms with Gasteiger partial charge in [-0.3, -0.25) is 0 Å². The molecule has 3 nitrogen and oxygen atoms in total. The second kappa shape index (κ2) is 6.37. The van der Waals surface area contributed by atoms with Gasteiger partial charge in [-0.2, -0.15) is 13.2 Å². The third-order valence-corrected chi connectivity index (χ3v) is 6.26. The van der Waals surface area contributed by atoms with Gasteiger partial charge in [0.05, 0.1) is 15.7 Å². The van der Waals surface area contributed by atoms with Crippen LogP contribution in [0.4, 0.5) is 13.2 Å². The van der Waals surface area contributed by atoms with Crippen molar-refractivity contribution in [3.63, 3.8) is 0 Å². The van der Waals surface area contributed by atoms with Gasteiger partial charge in [0.25, 0.3) is 0 Å². The van der Waals surface area contributed by atoms with Crippen molar-refractivity contribution in [2.45, 2.75) is 54.5 Å². The van der Waals surface area contributed by atoms with E-state index in [1.807, 2.05) is 6.92 Å². The van der Waals surface area contributed by atoms with Crippen LogP contribution >= 0.6 is 12.4 Å². The first kappa shape index (κ1) is 19.3. The molecule has 0 unspecified atom stereocenters. The maximum atomic E-state index is 12.7. The maximum Gasteiger partial charge on any atom is 0.416 e. The maximum absolute atomic E-state index is 12.7. The van der Waals surface area contributed by atoms with E-state index in [9.17, 15) is 21.6 Å². The minimum Gasteiger partial charge on any atom is -0.325 e. The lowest BCUT2D eigenvalue weighted by Crippen LogP contribution is -2.43. The zero-order chi connectivity index (χ0) is 15.9. The van der Waals surface area contributed by atoms with Crippen LogP contribution in [0.15, 0.2) is 29.2 Å². The summed E-state index contributed by atoms with van der Waals surface area (Å²) < 4.78 is 63.0. The molecule has 0 bridgehead atoms. The van der Waals surface area contributed by atoms with Crippen molar-refractivity contribution >= 4 is 22.2 Å². The van der Waals surface area contributed by atoms with Crippen LogP contribution in [0.25, 0.3) is 0 Å². The molecular formula is C14H19ClF3NO2S. The van der Waals surface area contributed by atoms with E-state index in [4.69, 9.17) is 5.73 Å². The summed E-state index contributed by atoms with van der Waals surface area (Å²) in [7, 11) is -3.75. The van der Waals surface area contributed by atoms with Crippen LogP contribution in [-0.4, -0.2) is 19.2 Å². The Kier molecular flexibility index (Phi) is 5.58. The molecular weight excluding hydrogens is 339 g/mol. The fraction of sp³-hybridized carbons (Fsp3) is 0.571. The number of benzene rings is 1. The van der Waals surface area contributed by atoms with Crippen molar-refractivity contribution < 1.29 is 21.6 Å². The first-order chi connectivity index (χ1) is 9.52. The fourth-order valence-electron chi connectivity index (χ4n) is 2.60. The molecule has 0 aromatic heterocycles. The quantitative estimate of drug-likeness (QED) is 0.880. The van der Waals surface area contributed by atoms with Gasteiger partial charge in [0.2, 0.25) is 0 Å². The molecule has 2 rings (SSSR count). The molecule has 1 saturated carbocycles. The zero-order valence-corrected chi connectivity index (χ0v) is 13.7. The molecule has 1 aromatic rings. The van der Waals surface area contributed by atoms with Gasteiger partial charge >= 0.3 is 6.18 Å². The van der Waals surface area contributed by atoms with Crippen LogP contribution in [0.1, 0.15) is 38.2 Å². The van der Waals surface area contributed by atoms with Crippen LogP contribution in [0.5, 0.6) is 0 Å². The van der Waals surface area contributed by atoms with E-state index in [2.05, 4.69) is 0 Å². The summed E-state index contributed by atoms with van der Waals surface area (Å²) in [6, 6.07) is 3.94. The Hall–Kier alpha value is -0.790. The molecule has 8 heteroatoms. The molecule has 0 heterocycles. The predicted molar refractivity (Wildman–Crippen MR) is 80.7 cm³/mol. The normalized spacial score (nSPS) is 26.3. The average Bonchev–Trinajstić information content (AvgIpc) is 2.37. The molecule has 0 aliphatic heterocycles. The van der Waals surface area contributed by atoms with E-state index < -0.39 is 26.8 Å². The van der Waals surface area contributed by atoms with Crippen molar-refractivity contribution in [3.05, 3.63) is 29.8 Å². The topological polar surface area (TPSA) is 60.2 Å². The molecule has 0 atom stereocenters. The van der Waals surface area contributed by atoms with Gasteiger partial charge in [-0.05, 0) is 50.8 Å². The van der Waals surface area contributed by atoms with Gasteiger partial charge in [0.15, 0.2) is 9.84 Å². The van der Waals surface area contributed by atoms with Crippen molar-refractivity contribution in [1.29, 1.82) is 0 Å². The summed E-state index contributed by atoms with van der Waals surface area (Å²) in [4.78, 5) is -0.261. The lowest BCUT2D eigenvalue weighted by Gasteiger charge is -2.33. The third-order valence-electron chi connectivity index (χ3n) is 4.00. The Labute approximate surface area is 134 Å². The molecule has 1 aliphatic carbocycles. The summed E-state index contributed by atoms with van der Waals surface area (Å²) in [5, 5.41) is -0.655. The zero-order valence-electron chi connectivity index (χ0n) is 12.1. The minimum atomic E-state index is -4.55. The van der Waals surface area contributed by atoms with Gasteiger partial charge in [-0.15, -0.1) is 12.4 Å². The van der Waals surface area contributed by atoms with Crippen LogP contribution in [0.2, 0.25) is 0 Å². The predicted octanol–water partition coefficient (Wildman–Crippen LogP) is 3.56. The van der Waals surface area contributed by atoms with Gasteiger partial charge in [0.1, 0.15) is 0 Å². The van der Waals surface area contributed by atoms with Crippen molar-refractivity contribution in [1.82, 2.24) is 0 Å². The Morgan fingerprint density at radius 1 is 1.23 bits per heavy atom. The average molecular weight is 358 g/mol. The summed E-state index contributed by atoms with van der Waals surface area (Å²) >= 11 is 0. The molecule has 22 heavy (non-hydrogen) atoms. The van der Waals surface area contributed by atoms with Gasteiger partial charge in [-0.25, -0.2) is 8.42 Å². The van der Waals surface area contributed by atoms with Crippen molar-refractivity contribution in [3.8, 4) is 0 Å². The molecule has 0 amide bonds. The summed E-state index contributed by atoms with van der Waals surface area (Å²) in [6.45, 7) is 1.86. The standard InChI is InChI=1S/C14H18F3NO2S.ClH/c1-13(18)7-5-11(6-8-13)21(19,20)12-4-2-3-10(9-12)14(15,16)17;/h2-4,9,11H,5-8,18H2,1H3;1H. The Bertz CT molecular complexity index is 619. The largest absolute Gasteiger partial charge is 0.416 e. The van der Waals surface area contributed by atoms with Crippen LogP contribution < -0.4 is 5.73 Å². The number of nitrogens with two attached hydrogens (primary N) is 1. The molecule has 0 spiro atoms.